The molecule has 2 aliphatic rings. The van der Waals surface area contributed by atoms with E-state index in [-0.39, 0.29) is 11.0 Å². The van der Waals surface area contributed by atoms with Crippen LogP contribution in [0.3, 0.4) is 0 Å². The van der Waals surface area contributed by atoms with E-state index in [4.69, 9.17) is 9.47 Å². The molecule has 0 bridgehead atoms. The maximum absolute atomic E-state index is 11.3. The second-order valence-corrected chi connectivity index (χ2v) is 5.75. The number of rotatable bonds is 4. The molecule has 4 nitrogen and oxygen atoms in total. The van der Waals surface area contributed by atoms with Crippen LogP contribution in [0.25, 0.3) is 0 Å². The molecule has 0 aromatic rings. The fourth-order valence-electron chi connectivity index (χ4n) is 2.93. The summed E-state index contributed by atoms with van der Waals surface area (Å²) in [4.78, 5) is 13.7. The van der Waals surface area contributed by atoms with Crippen molar-refractivity contribution < 1.29 is 14.3 Å². The van der Waals surface area contributed by atoms with Crippen molar-refractivity contribution in [1.29, 1.82) is 0 Å². The number of piperidine rings is 1. The first-order valence-electron chi connectivity index (χ1n) is 6.43. The van der Waals surface area contributed by atoms with Crippen molar-refractivity contribution in [1.82, 2.24) is 4.90 Å². The van der Waals surface area contributed by atoms with Crippen molar-refractivity contribution in [3.05, 3.63) is 0 Å². The summed E-state index contributed by atoms with van der Waals surface area (Å²) in [5.41, 5.74) is -0.326. The summed E-state index contributed by atoms with van der Waals surface area (Å²) < 4.78 is 11.0. The summed E-state index contributed by atoms with van der Waals surface area (Å²) in [6.45, 7) is 6.24. The van der Waals surface area contributed by atoms with Gasteiger partial charge in [0.15, 0.2) is 0 Å². The van der Waals surface area contributed by atoms with Gasteiger partial charge in [-0.1, -0.05) is 0 Å². The lowest BCUT2D eigenvalue weighted by atomic mass is 9.86. The molecule has 0 amide bonds. The summed E-state index contributed by atoms with van der Waals surface area (Å²) in [7, 11) is 1.78. The van der Waals surface area contributed by atoms with E-state index in [1.165, 1.54) is 0 Å². The summed E-state index contributed by atoms with van der Waals surface area (Å²) in [5, 5.41) is 0. The number of hydrogen-bond acceptors (Lipinski definition) is 4. The Hall–Kier alpha value is -0.450. The zero-order valence-electron chi connectivity index (χ0n) is 10.9. The Bertz CT molecular complexity index is 276. The van der Waals surface area contributed by atoms with Gasteiger partial charge in [0.05, 0.1) is 17.6 Å². The maximum atomic E-state index is 11.3. The molecule has 2 unspecified atom stereocenters. The first kappa shape index (κ1) is 13.0. The van der Waals surface area contributed by atoms with Crippen molar-refractivity contribution in [2.45, 2.75) is 31.8 Å². The molecular weight excluding hydrogens is 218 g/mol. The van der Waals surface area contributed by atoms with Crippen molar-refractivity contribution in [2.75, 3.05) is 40.0 Å². The molecule has 2 atom stereocenters. The van der Waals surface area contributed by atoms with E-state index < -0.39 is 0 Å². The van der Waals surface area contributed by atoms with Crippen LogP contribution in [0.15, 0.2) is 0 Å². The Kier molecular flexibility index (Phi) is 3.85. The topological polar surface area (TPSA) is 38.8 Å². The summed E-state index contributed by atoms with van der Waals surface area (Å²) >= 11 is 0. The molecule has 0 saturated carbocycles. The van der Waals surface area contributed by atoms with Gasteiger partial charge in [0.1, 0.15) is 6.29 Å². The van der Waals surface area contributed by atoms with Gasteiger partial charge >= 0.3 is 0 Å². The first-order valence-corrected chi connectivity index (χ1v) is 6.43. The average Bonchev–Trinajstić information content (AvgIpc) is 2.78. The molecule has 2 rings (SSSR count). The Morgan fingerprint density at radius 3 is 2.88 bits per heavy atom. The van der Waals surface area contributed by atoms with E-state index in [0.717, 1.165) is 45.2 Å². The van der Waals surface area contributed by atoms with Crippen molar-refractivity contribution in [3.63, 3.8) is 0 Å². The molecule has 98 valence electrons. The fourth-order valence-corrected chi connectivity index (χ4v) is 2.93. The number of ether oxygens (including phenoxy) is 2. The van der Waals surface area contributed by atoms with Gasteiger partial charge in [-0.15, -0.1) is 0 Å². The number of carbonyl (C=O) groups is 1. The number of nitrogens with zero attached hydrogens (tertiary/aromatic N) is 1. The van der Waals surface area contributed by atoms with Crippen LogP contribution in [-0.2, 0) is 14.3 Å². The molecule has 17 heavy (non-hydrogen) atoms. The molecule has 4 heteroatoms. The van der Waals surface area contributed by atoms with Crippen LogP contribution in [0.2, 0.25) is 0 Å². The zero-order valence-corrected chi connectivity index (χ0v) is 10.9. The molecule has 0 aromatic heterocycles. The number of carbonyl (C=O) groups excluding carboxylic acids is 1. The molecule has 0 radical (unpaired) electrons. The van der Waals surface area contributed by atoms with Crippen LogP contribution < -0.4 is 0 Å². The molecule has 0 aromatic carbocycles. The minimum Gasteiger partial charge on any atom is -0.380 e. The Labute approximate surface area is 103 Å². The predicted molar refractivity (Wildman–Crippen MR) is 65.0 cm³/mol. The maximum Gasteiger partial charge on any atom is 0.129 e. The molecule has 0 aliphatic carbocycles. The first-order chi connectivity index (χ1) is 8.11. The summed E-state index contributed by atoms with van der Waals surface area (Å²) in [6, 6.07) is 0. The number of likely N-dealkylation sites (tertiary alicyclic amines) is 1. The molecule has 2 saturated heterocycles. The Balaban J connectivity index is 1.96. The number of methoxy groups -OCH3 is 1. The highest BCUT2D eigenvalue weighted by atomic mass is 16.5. The van der Waals surface area contributed by atoms with Crippen LogP contribution in [0.4, 0.5) is 0 Å². The van der Waals surface area contributed by atoms with Crippen molar-refractivity contribution in [2.24, 2.45) is 5.41 Å². The molecule has 0 spiro atoms. The van der Waals surface area contributed by atoms with Gasteiger partial charge in [0, 0.05) is 26.8 Å². The third-order valence-corrected chi connectivity index (χ3v) is 4.15. The van der Waals surface area contributed by atoms with Gasteiger partial charge in [0.25, 0.3) is 0 Å². The third kappa shape index (κ3) is 2.87. The number of hydrogen-bond donors (Lipinski definition) is 0. The zero-order chi connectivity index (χ0) is 12.4. The van der Waals surface area contributed by atoms with Crippen molar-refractivity contribution in [3.8, 4) is 0 Å². The van der Waals surface area contributed by atoms with Crippen LogP contribution in [0.5, 0.6) is 0 Å². The molecule has 2 fully saturated rings. The normalized spacial score (nSPS) is 39.4. The van der Waals surface area contributed by atoms with Crippen LogP contribution >= 0.6 is 0 Å². The van der Waals surface area contributed by atoms with E-state index in [9.17, 15) is 4.79 Å². The average molecular weight is 241 g/mol. The Morgan fingerprint density at radius 1 is 1.47 bits per heavy atom. The highest BCUT2D eigenvalue weighted by Crippen LogP contribution is 2.31. The van der Waals surface area contributed by atoms with E-state index in [0.29, 0.717) is 13.2 Å². The monoisotopic (exact) mass is 241 g/mol. The van der Waals surface area contributed by atoms with Gasteiger partial charge in [-0.25, -0.2) is 0 Å². The molecule has 2 aliphatic heterocycles. The lowest BCUT2D eigenvalue weighted by Gasteiger charge is -2.41. The van der Waals surface area contributed by atoms with Crippen molar-refractivity contribution >= 4 is 6.29 Å². The molecular formula is C13H23NO3. The van der Waals surface area contributed by atoms with Gasteiger partial charge in [0.2, 0.25) is 0 Å². The molecule has 0 N–H and O–H groups in total. The highest BCUT2D eigenvalue weighted by molar-refractivity contribution is 5.60. The minimum atomic E-state index is -0.272. The van der Waals surface area contributed by atoms with Gasteiger partial charge in [-0.05, 0) is 32.7 Å². The number of aldehydes is 1. The summed E-state index contributed by atoms with van der Waals surface area (Å²) in [6.07, 6.45) is 4.19. The standard InChI is InChI=1S/C13H23NO3/c1-12(16-2)4-3-6-14(8-12)9-13(10-15)5-7-17-11-13/h10H,3-9,11H2,1-2H3. The van der Waals surface area contributed by atoms with E-state index >= 15 is 0 Å². The lowest BCUT2D eigenvalue weighted by Crippen LogP contribution is -2.51. The lowest BCUT2D eigenvalue weighted by molar-refractivity contribution is -0.119. The second-order valence-electron chi connectivity index (χ2n) is 5.75. The van der Waals surface area contributed by atoms with E-state index in [1.807, 2.05) is 0 Å². The van der Waals surface area contributed by atoms with Crippen LogP contribution in [0.1, 0.15) is 26.2 Å². The van der Waals surface area contributed by atoms with Gasteiger partial charge in [-0.3, -0.25) is 4.90 Å². The predicted octanol–water partition coefficient (Wildman–Crippen LogP) is 1.09. The Morgan fingerprint density at radius 2 is 2.29 bits per heavy atom. The second kappa shape index (κ2) is 5.04. The SMILES string of the molecule is COC1(C)CCCN(CC2(C=O)CCOC2)C1. The fraction of sp³-hybridized carbons (Fsp3) is 0.923. The van der Waals surface area contributed by atoms with Gasteiger partial charge in [-0.2, -0.15) is 0 Å². The smallest absolute Gasteiger partial charge is 0.129 e. The summed E-state index contributed by atoms with van der Waals surface area (Å²) in [5.74, 6) is 0. The third-order valence-electron chi connectivity index (χ3n) is 4.15. The quantitative estimate of drug-likeness (QED) is 0.691. The molecule has 2 heterocycles. The van der Waals surface area contributed by atoms with Crippen LogP contribution in [-0.4, -0.2) is 56.7 Å². The van der Waals surface area contributed by atoms with Gasteiger partial charge < -0.3 is 14.3 Å². The minimum absolute atomic E-state index is 0.0538. The van der Waals surface area contributed by atoms with E-state index in [1.54, 1.807) is 7.11 Å². The largest absolute Gasteiger partial charge is 0.380 e. The highest BCUT2D eigenvalue weighted by Gasteiger charge is 2.39. The van der Waals surface area contributed by atoms with E-state index in [2.05, 4.69) is 11.8 Å². The van der Waals surface area contributed by atoms with Crippen LogP contribution in [0, 0.1) is 5.41 Å².